The van der Waals surface area contributed by atoms with Gasteiger partial charge in [0.05, 0.1) is 11.6 Å². The SMILES string of the molecule is CCCc1cc(=O)[nH]c2c3c(c4c(c12)OC(C)(C)CC4)O[C@H](C)[C@@H](C)[C@@H]3O. The number of hydrogen-bond donors (Lipinski definition) is 2. The first-order valence-corrected chi connectivity index (χ1v) is 10.0. The lowest BCUT2D eigenvalue weighted by Crippen LogP contribution is -2.36. The smallest absolute Gasteiger partial charge is 0.248 e. The fourth-order valence-corrected chi connectivity index (χ4v) is 4.39. The monoisotopic (exact) mass is 371 g/mol. The molecule has 0 spiro atoms. The Balaban J connectivity index is 2.14. The number of pyridine rings is 1. The largest absolute Gasteiger partial charge is 0.489 e. The third-order valence-corrected chi connectivity index (χ3v) is 6.13. The summed E-state index contributed by atoms with van der Waals surface area (Å²) in [4.78, 5) is 15.4. The van der Waals surface area contributed by atoms with Crippen LogP contribution in [0.4, 0.5) is 0 Å². The Labute approximate surface area is 159 Å². The summed E-state index contributed by atoms with van der Waals surface area (Å²) < 4.78 is 12.7. The van der Waals surface area contributed by atoms with Crippen LogP contribution in [-0.2, 0) is 12.8 Å². The molecule has 0 aliphatic carbocycles. The summed E-state index contributed by atoms with van der Waals surface area (Å²) in [6, 6.07) is 1.67. The summed E-state index contributed by atoms with van der Waals surface area (Å²) >= 11 is 0. The predicted octanol–water partition coefficient (Wildman–Crippen LogP) is 4.03. The highest BCUT2D eigenvalue weighted by atomic mass is 16.5. The zero-order chi connectivity index (χ0) is 19.5. The molecule has 5 heteroatoms. The van der Waals surface area contributed by atoms with Gasteiger partial charge in [0.2, 0.25) is 5.56 Å². The average Bonchev–Trinajstić information content (AvgIpc) is 2.58. The number of aromatic nitrogens is 1. The van der Waals surface area contributed by atoms with Gasteiger partial charge < -0.3 is 19.6 Å². The summed E-state index contributed by atoms with van der Waals surface area (Å²) in [5, 5.41) is 12.0. The maximum atomic E-state index is 12.4. The number of aliphatic hydroxyl groups excluding tert-OH is 1. The Bertz CT molecular complexity index is 959. The molecule has 0 fully saturated rings. The fraction of sp³-hybridized carbons (Fsp3) is 0.591. The van der Waals surface area contributed by atoms with Crippen molar-refractivity contribution in [2.45, 2.75) is 78.1 Å². The second-order valence-electron chi connectivity index (χ2n) is 8.70. The number of hydrogen-bond acceptors (Lipinski definition) is 4. The van der Waals surface area contributed by atoms with Crippen LogP contribution in [0.5, 0.6) is 11.5 Å². The zero-order valence-electron chi connectivity index (χ0n) is 16.8. The molecule has 0 unspecified atom stereocenters. The van der Waals surface area contributed by atoms with Crippen molar-refractivity contribution in [1.82, 2.24) is 4.98 Å². The number of nitrogens with one attached hydrogen (secondary N) is 1. The van der Waals surface area contributed by atoms with Crippen LogP contribution in [0, 0.1) is 5.92 Å². The normalized spacial score (nSPS) is 26.1. The molecule has 3 heterocycles. The van der Waals surface area contributed by atoms with Crippen molar-refractivity contribution in [3.63, 3.8) is 0 Å². The number of aliphatic hydroxyl groups is 1. The van der Waals surface area contributed by atoms with Crippen molar-refractivity contribution < 1.29 is 14.6 Å². The predicted molar refractivity (Wildman–Crippen MR) is 106 cm³/mol. The number of aryl methyl sites for hydroxylation is 1. The van der Waals surface area contributed by atoms with Crippen LogP contribution in [0.1, 0.15) is 70.3 Å². The van der Waals surface area contributed by atoms with Gasteiger partial charge in [-0.15, -0.1) is 0 Å². The molecule has 5 nitrogen and oxygen atoms in total. The van der Waals surface area contributed by atoms with Crippen molar-refractivity contribution in [2.24, 2.45) is 5.92 Å². The molecule has 2 N–H and O–H groups in total. The van der Waals surface area contributed by atoms with Gasteiger partial charge in [-0.05, 0) is 45.6 Å². The Hall–Kier alpha value is -2.01. The molecule has 0 bridgehead atoms. The van der Waals surface area contributed by atoms with E-state index in [1.807, 2.05) is 13.8 Å². The summed E-state index contributed by atoms with van der Waals surface area (Å²) in [6.07, 6.45) is 2.65. The van der Waals surface area contributed by atoms with Gasteiger partial charge in [-0.25, -0.2) is 0 Å². The number of benzene rings is 1. The van der Waals surface area contributed by atoms with Gasteiger partial charge in [0, 0.05) is 28.5 Å². The standard InChI is InChI=1S/C22H29NO4/c1-6-7-13-10-15(24)23-18-16(13)21-14(8-9-22(4,5)27-21)20-17(18)19(25)11(2)12(3)26-20/h10-12,19,25H,6-9H2,1-5H3,(H,23,24)/t11-,12-,19+/m1/s1. The number of ether oxygens (including phenoxy) is 2. The van der Waals surface area contributed by atoms with Crippen molar-refractivity contribution in [3.8, 4) is 11.5 Å². The van der Waals surface area contributed by atoms with Crippen molar-refractivity contribution in [2.75, 3.05) is 0 Å². The van der Waals surface area contributed by atoms with E-state index >= 15 is 0 Å². The van der Waals surface area contributed by atoms with Crippen LogP contribution < -0.4 is 15.0 Å². The number of H-pyrrole nitrogens is 1. The lowest BCUT2D eigenvalue weighted by atomic mass is 9.82. The third kappa shape index (κ3) is 2.83. The topological polar surface area (TPSA) is 71.6 Å². The molecular formula is C22H29NO4. The van der Waals surface area contributed by atoms with E-state index in [0.717, 1.165) is 47.9 Å². The van der Waals surface area contributed by atoms with Crippen molar-refractivity contribution >= 4 is 10.9 Å². The van der Waals surface area contributed by atoms with Gasteiger partial charge in [0.1, 0.15) is 23.2 Å². The maximum Gasteiger partial charge on any atom is 0.248 e. The van der Waals surface area contributed by atoms with Crippen LogP contribution in [0.25, 0.3) is 10.9 Å². The highest BCUT2D eigenvalue weighted by Gasteiger charge is 2.40. The maximum absolute atomic E-state index is 12.4. The molecular weight excluding hydrogens is 342 g/mol. The van der Waals surface area contributed by atoms with E-state index in [1.54, 1.807) is 6.07 Å². The summed E-state index contributed by atoms with van der Waals surface area (Å²) in [5.41, 5.74) is 2.96. The third-order valence-electron chi connectivity index (χ3n) is 6.13. The van der Waals surface area contributed by atoms with Crippen LogP contribution in [-0.4, -0.2) is 21.8 Å². The molecule has 4 rings (SSSR count). The van der Waals surface area contributed by atoms with E-state index in [4.69, 9.17) is 9.47 Å². The highest BCUT2D eigenvalue weighted by Crippen LogP contribution is 2.52. The number of rotatable bonds is 2. The minimum atomic E-state index is -0.681. The molecule has 1 aromatic carbocycles. The van der Waals surface area contributed by atoms with Gasteiger partial charge in [-0.2, -0.15) is 0 Å². The Kier molecular flexibility index (Phi) is 4.26. The molecule has 0 radical (unpaired) electrons. The minimum Gasteiger partial charge on any atom is -0.489 e. The van der Waals surface area contributed by atoms with E-state index in [9.17, 15) is 9.90 Å². The molecule has 146 valence electrons. The lowest BCUT2D eigenvalue weighted by molar-refractivity contribution is 0.0158. The summed E-state index contributed by atoms with van der Waals surface area (Å²) in [5.74, 6) is 1.46. The Morgan fingerprint density at radius 1 is 1.30 bits per heavy atom. The first-order valence-electron chi connectivity index (χ1n) is 10.0. The zero-order valence-corrected chi connectivity index (χ0v) is 16.8. The van der Waals surface area contributed by atoms with E-state index in [2.05, 4.69) is 25.8 Å². The van der Waals surface area contributed by atoms with Gasteiger partial charge in [-0.1, -0.05) is 20.3 Å². The second kappa shape index (κ2) is 6.26. The molecule has 0 saturated heterocycles. The minimum absolute atomic E-state index is 0.0574. The van der Waals surface area contributed by atoms with E-state index < -0.39 is 6.10 Å². The molecule has 3 atom stereocenters. The first kappa shape index (κ1) is 18.4. The molecule has 1 aromatic heterocycles. The van der Waals surface area contributed by atoms with Gasteiger partial charge in [0.25, 0.3) is 0 Å². The highest BCUT2D eigenvalue weighted by molar-refractivity contribution is 5.95. The summed E-state index contributed by atoms with van der Waals surface area (Å²) in [7, 11) is 0. The fourth-order valence-electron chi connectivity index (χ4n) is 4.39. The van der Waals surface area contributed by atoms with E-state index in [1.165, 1.54) is 0 Å². The Morgan fingerprint density at radius 2 is 2.04 bits per heavy atom. The van der Waals surface area contributed by atoms with Crippen molar-refractivity contribution in [1.29, 1.82) is 0 Å². The second-order valence-corrected chi connectivity index (χ2v) is 8.70. The summed E-state index contributed by atoms with van der Waals surface area (Å²) in [6.45, 7) is 10.2. The molecule has 2 aliphatic heterocycles. The molecule has 0 amide bonds. The molecule has 0 saturated carbocycles. The van der Waals surface area contributed by atoms with E-state index in [-0.39, 0.29) is 23.2 Å². The molecule has 2 aliphatic rings. The number of fused-ring (bicyclic) bond motifs is 6. The van der Waals surface area contributed by atoms with Gasteiger partial charge >= 0.3 is 0 Å². The van der Waals surface area contributed by atoms with Crippen LogP contribution in [0.2, 0.25) is 0 Å². The van der Waals surface area contributed by atoms with Crippen LogP contribution in [0.3, 0.4) is 0 Å². The molecule has 2 aromatic rings. The van der Waals surface area contributed by atoms with Crippen LogP contribution in [0.15, 0.2) is 10.9 Å². The molecule has 27 heavy (non-hydrogen) atoms. The van der Waals surface area contributed by atoms with E-state index in [0.29, 0.717) is 16.8 Å². The Morgan fingerprint density at radius 3 is 2.74 bits per heavy atom. The quantitative estimate of drug-likeness (QED) is 0.836. The van der Waals surface area contributed by atoms with Gasteiger partial charge in [-0.3, -0.25) is 4.79 Å². The van der Waals surface area contributed by atoms with Gasteiger partial charge in [0.15, 0.2) is 0 Å². The lowest BCUT2D eigenvalue weighted by Gasteiger charge is -2.40. The number of aromatic amines is 1. The van der Waals surface area contributed by atoms with Crippen LogP contribution >= 0.6 is 0 Å². The average molecular weight is 371 g/mol. The first-order chi connectivity index (χ1) is 12.7. The van der Waals surface area contributed by atoms with Crippen molar-refractivity contribution in [3.05, 3.63) is 33.1 Å².